The molecule has 1 aromatic rings. The van der Waals surface area contributed by atoms with Crippen molar-refractivity contribution in [2.45, 2.75) is 12.5 Å². The highest BCUT2D eigenvalue weighted by Gasteiger charge is 2.45. The standard InChI is InChI=1S/C8H8N2O3/c1-8(5-3-2-4-13-5)6(11)9-7(12)10-8/h2-4H,1H3,(H2,9,10,11,12)/t8-/m1/s1. The van der Waals surface area contributed by atoms with Crippen molar-refractivity contribution in [2.75, 3.05) is 0 Å². The maximum absolute atomic E-state index is 11.4. The zero-order chi connectivity index (χ0) is 9.47. The van der Waals surface area contributed by atoms with Crippen molar-refractivity contribution in [1.29, 1.82) is 0 Å². The van der Waals surface area contributed by atoms with E-state index >= 15 is 0 Å². The second-order valence-electron chi connectivity index (χ2n) is 3.01. The summed E-state index contributed by atoms with van der Waals surface area (Å²) in [5.41, 5.74) is -1.07. The van der Waals surface area contributed by atoms with Crippen LogP contribution in [-0.2, 0) is 10.3 Å². The molecule has 1 fully saturated rings. The summed E-state index contributed by atoms with van der Waals surface area (Å²) in [7, 11) is 0. The van der Waals surface area contributed by atoms with Crippen LogP contribution in [0, 0.1) is 0 Å². The van der Waals surface area contributed by atoms with Crippen LogP contribution in [0.25, 0.3) is 0 Å². The molecule has 13 heavy (non-hydrogen) atoms. The molecule has 1 aliphatic rings. The minimum atomic E-state index is -1.07. The molecule has 3 amide bonds. The summed E-state index contributed by atoms with van der Waals surface area (Å²) in [4.78, 5) is 22.2. The molecule has 1 aliphatic heterocycles. The van der Waals surface area contributed by atoms with Gasteiger partial charge in [0.2, 0.25) is 0 Å². The lowest BCUT2D eigenvalue weighted by Crippen LogP contribution is -2.40. The summed E-state index contributed by atoms with van der Waals surface area (Å²) in [5, 5.41) is 4.64. The topological polar surface area (TPSA) is 71.3 Å². The second kappa shape index (κ2) is 2.35. The van der Waals surface area contributed by atoms with E-state index in [1.54, 1.807) is 19.1 Å². The van der Waals surface area contributed by atoms with Gasteiger partial charge >= 0.3 is 6.03 Å². The summed E-state index contributed by atoms with van der Waals surface area (Å²) < 4.78 is 5.06. The Morgan fingerprint density at radius 3 is 2.69 bits per heavy atom. The van der Waals surface area contributed by atoms with Gasteiger partial charge in [0, 0.05) is 0 Å². The van der Waals surface area contributed by atoms with Crippen molar-refractivity contribution in [3.8, 4) is 0 Å². The third-order valence-corrected chi connectivity index (χ3v) is 2.06. The molecule has 0 spiro atoms. The number of amides is 3. The van der Waals surface area contributed by atoms with Crippen molar-refractivity contribution in [3.05, 3.63) is 24.2 Å². The van der Waals surface area contributed by atoms with Crippen LogP contribution in [0.15, 0.2) is 22.8 Å². The lowest BCUT2D eigenvalue weighted by molar-refractivity contribution is -0.124. The number of furan rings is 1. The first-order chi connectivity index (χ1) is 6.13. The molecule has 2 N–H and O–H groups in total. The Kier molecular flexibility index (Phi) is 1.42. The van der Waals surface area contributed by atoms with Gasteiger partial charge in [-0.25, -0.2) is 4.79 Å². The van der Waals surface area contributed by atoms with E-state index in [1.165, 1.54) is 6.26 Å². The number of nitrogens with one attached hydrogen (secondary N) is 2. The highest BCUT2D eigenvalue weighted by atomic mass is 16.3. The summed E-state index contributed by atoms with van der Waals surface area (Å²) in [6.07, 6.45) is 1.46. The number of urea groups is 1. The summed E-state index contributed by atoms with van der Waals surface area (Å²) in [6.45, 7) is 1.59. The van der Waals surface area contributed by atoms with Gasteiger partial charge in [-0.2, -0.15) is 0 Å². The lowest BCUT2D eigenvalue weighted by atomic mass is 10.00. The van der Waals surface area contributed by atoms with Gasteiger partial charge in [-0.05, 0) is 19.1 Å². The van der Waals surface area contributed by atoms with Crippen LogP contribution in [0.1, 0.15) is 12.7 Å². The zero-order valence-corrected chi connectivity index (χ0v) is 6.96. The summed E-state index contributed by atoms with van der Waals surface area (Å²) >= 11 is 0. The molecule has 0 aromatic carbocycles. The Morgan fingerprint density at radius 2 is 2.23 bits per heavy atom. The zero-order valence-electron chi connectivity index (χ0n) is 6.96. The molecule has 1 saturated heterocycles. The Morgan fingerprint density at radius 1 is 1.46 bits per heavy atom. The largest absolute Gasteiger partial charge is 0.466 e. The number of carbonyl (C=O) groups excluding carboxylic acids is 2. The van der Waals surface area contributed by atoms with E-state index in [2.05, 4.69) is 10.6 Å². The Bertz CT molecular complexity index is 357. The molecule has 2 heterocycles. The van der Waals surface area contributed by atoms with Gasteiger partial charge in [0.05, 0.1) is 6.26 Å². The number of hydrogen-bond donors (Lipinski definition) is 2. The first-order valence-corrected chi connectivity index (χ1v) is 3.80. The monoisotopic (exact) mass is 180 g/mol. The normalized spacial score (nSPS) is 27.2. The van der Waals surface area contributed by atoms with E-state index in [0.29, 0.717) is 5.76 Å². The fourth-order valence-electron chi connectivity index (χ4n) is 1.28. The number of imide groups is 1. The van der Waals surface area contributed by atoms with Crippen molar-refractivity contribution in [2.24, 2.45) is 0 Å². The molecule has 1 atom stereocenters. The predicted molar refractivity (Wildman–Crippen MR) is 42.7 cm³/mol. The van der Waals surface area contributed by atoms with Gasteiger partial charge in [0.25, 0.3) is 5.91 Å². The Hall–Kier alpha value is -1.78. The molecule has 0 bridgehead atoms. The maximum atomic E-state index is 11.4. The fraction of sp³-hybridized carbons (Fsp3) is 0.250. The predicted octanol–water partition coefficient (Wildman–Crippen LogP) is 0.334. The molecular weight excluding hydrogens is 172 g/mol. The average Bonchev–Trinajstić information content (AvgIpc) is 2.61. The molecule has 0 aliphatic carbocycles. The quantitative estimate of drug-likeness (QED) is 0.612. The Balaban J connectivity index is 2.42. The second-order valence-corrected chi connectivity index (χ2v) is 3.01. The first kappa shape index (κ1) is 7.85. The molecule has 0 unspecified atom stereocenters. The van der Waals surface area contributed by atoms with Gasteiger partial charge < -0.3 is 9.73 Å². The van der Waals surface area contributed by atoms with Crippen LogP contribution in [0.3, 0.4) is 0 Å². The van der Waals surface area contributed by atoms with Gasteiger partial charge in [0.1, 0.15) is 5.76 Å². The maximum Gasteiger partial charge on any atom is 0.322 e. The SMILES string of the molecule is C[C@]1(c2ccco2)NC(=O)NC1=O. The van der Waals surface area contributed by atoms with Crippen molar-refractivity contribution >= 4 is 11.9 Å². The third-order valence-electron chi connectivity index (χ3n) is 2.06. The molecule has 68 valence electrons. The van der Waals surface area contributed by atoms with Crippen LogP contribution >= 0.6 is 0 Å². The van der Waals surface area contributed by atoms with E-state index in [0.717, 1.165) is 0 Å². The molecule has 1 aromatic heterocycles. The van der Waals surface area contributed by atoms with E-state index < -0.39 is 17.5 Å². The van der Waals surface area contributed by atoms with Gasteiger partial charge in [-0.3, -0.25) is 10.1 Å². The van der Waals surface area contributed by atoms with Crippen molar-refractivity contribution < 1.29 is 14.0 Å². The van der Waals surface area contributed by atoms with Crippen molar-refractivity contribution in [3.63, 3.8) is 0 Å². The first-order valence-electron chi connectivity index (χ1n) is 3.80. The molecular formula is C8H8N2O3. The highest BCUT2D eigenvalue weighted by molar-refractivity contribution is 6.06. The van der Waals surface area contributed by atoms with Crippen molar-refractivity contribution in [1.82, 2.24) is 10.6 Å². The lowest BCUT2D eigenvalue weighted by Gasteiger charge is -2.16. The molecule has 0 radical (unpaired) electrons. The smallest absolute Gasteiger partial charge is 0.322 e. The highest BCUT2D eigenvalue weighted by Crippen LogP contribution is 2.24. The number of carbonyl (C=O) groups is 2. The van der Waals surface area contributed by atoms with Crippen LogP contribution < -0.4 is 10.6 Å². The van der Waals surface area contributed by atoms with E-state index in [1.807, 2.05) is 0 Å². The fourth-order valence-corrected chi connectivity index (χ4v) is 1.28. The molecule has 5 nitrogen and oxygen atoms in total. The van der Waals surface area contributed by atoms with Crippen LogP contribution in [0.5, 0.6) is 0 Å². The average molecular weight is 180 g/mol. The van der Waals surface area contributed by atoms with E-state index in [9.17, 15) is 9.59 Å². The summed E-state index contributed by atoms with van der Waals surface area (Å²) in [5.74, 6) is 0.0308. The van der Waals surface area contributed by atoms with Gasteiger partial charge in [-0.1, -0.05) is 0 Å². The molecule has 0 saturated carbocycles. The number of rotatable bonds is 1. The minimum Gasteiger partial charge on any atom is -0.466 e. The molecule has 5 heteroatoms. The van der Waals surface area contributed by atoms with Crippen LogP contribution in [0.2, 0.25) is 0 Å². The van der Waals surface area contributed by atoms with Gasteiger partial charge in [-0.15, -0.1) is 0 Å². The third kappa shape index (κ3) is 1.00. The van der Waals surface area contributed by atoms with E-state index in [4.69, 9.17) is 4.42 Å². The summed E-state index contributed by atoms with van der Waals surface area (Å²) in [6, 6.07) is 2.81. The minimum absolute atomic E-state index is 0.396. The molecule has 2 rings (SSSR count). The van der Waals surface area contributed by atoms with Crippen LogP contribution in [0.4, 0.5) is 4.79 Å². The van der Waals surface area contributed by atoms with Gasteiger partial charge in [0.15, 0.2) is 5.54 Å². The Labute approximate surface area is 74.1 Å². The number of hydrogen-bond acceptors (Lipinski definition) is 3. The van der Waals surface area contributed by atoms with E-state index in [-0.39, 0.29) is 0 Å². The van der Waals surface area contributed by atoms with Crippen LogP contribution in [-0.4, -0.2) is 11.9 Å².